The number of likely N-dealkylation sites (N-methyl/N-ethyl adjacent to an activating group) is 1. The van der Waals surface area contributed by atoms with Crippen LogP contribution in [0.4, 0.5) is 0 Å². The molecule has 122 valence electrons. The molecule has 1 rings (SSSR count). The Morgan fingerprint density at radius 3 is 2.76 bits per heavy atom. The number of esters is 1. The van der Waals surface area contributed by atoms with Gasteiger partial charge < -0.3 is 14.2 Å². The molecule has 0 spiro atoms. The Hall–Kier alpha value is -0.910. The molecule has 5 heteroatoms. The lowest BCUT2D eigenvalue weighted by Gasteiger charge is -2.23. The van der Waals surface area contributed by atoms with Crippen molar-refractivity contribution >= 4 is 5.97 Å². The second-order valence-corrected chi connectivity index (χ2v) is 5.62. The number of hydrogen-bond donors (Lipinski definition) is 0. The molecular formula is C16H29NO4. The third-order valence-electron chi connectivity index (χ3n) is 3.55. The SMILES string of the molecule is CCOC(=O)C(C/C(C)=C/COC1CCCCO1)N(C)C. The van der Waals surface area contributed by atoms with Crippen molar-refractivity contribution in [1.82, 2.24) is 4.90 Å². The zero-order chi connectivity index (χ0) is 15.7. The van der Waals surface area contributed by atoms with E-state index in [0.29, 0.717) is 19.6 Å². The summed E-state index contributed by atoms with van der Waals surface area (Å²) >= 11 is 0. The van der Waals surface area contributed by atoms with Gasteiger partial charge in [-0.25, -0.2) is 0 Å². The largest absolute Gasteiger partial charge is 0.465 e. The maximum Gasteiger partial charge on any atom is 0.323 e. The lowest BCUT2D eigenvalue weighted by Crippen LogP contribution is -2.37. The summed E-state index contributed by atoms with van der Waals surface area (Å²) in [6, 6.07) is -0.243. The highest BCUT2D eigenvalue weighted by molar-refractivity contribution is 5.76. The normalized spacial score (nSPS) is 21.4. The molecule has 0 aromatic carbocycles. The first kappa shape index (κ1) is 18.1. The van der Waals surface area contributed by atoms with Crippen molar-refractivity contribution < 1.29 is 19.0 Å². The number of rotatable bonds is 8. The van der Waals surface area contributed by atoms with Crippen LogP contribution >= 0.6 is 0 Å². The van der Waals surface area contributed by atoms with Gasteiger partial charge in [-0.3, -0.25) is 9.69 Å². The Morgan fingerprint density at radius 1 is 1.43 bits per heavy atom. The van der Waals surface area contributed by atoms with Crippen molar-refractivity contribution in [3.05, 3.63) is 11.6 Å². The Kier molecular flexibility index (Phi) is 8.57. The number of carbonyl (C=O) groups excluding carboxylic acids is 1. The minimum absolute atomic E-state index is 0.0718. The molecule has 0 amide bonds. The van der Waals surface area contributed by atoms with Crippen molar-refractivity contribution in [3.63, 3.8) is 0 Å². The van der Waals surface area contributed by atoms with Crippen LogP contribution in [0.2, 0.25) is 0 Å². The van der Waals surface area contributed by atoms with Crippen LogP contribution < -0.4 is 0 Å². The van der Waals surface area contributed by atoms with Gasteiger partial charge in [0.1, 0.15) is 6.04 Å². The van der Waals surface area contributed by atoms with E-state index in [1.807, 2.05) is 38.9 Å². The molecule has 0 radical (unpaired) electrons. The van der Waals surface area contributed by atoms with Crippen LogP contribution in [-0.2, 0) is 19.0 Å². The first-order valence-electron chi connectivity index (χ1n) is 7.76. The zero-order valence-corrected chi connectivity index (χ0v) is 13.8. The fourth-order valence-electron chi connectivity index (χ4n) is 2.24. The van der Waals surface area contributed by atoms with Gasteiger partial charge in [0.05, 0.1) is 13.2 Å². The Labute approximate surface area is 128 Å². The van der Waals surface area contributed by atoms with Crippen LogP contribution in [-0.4, -0.2) is 57.1 Å². The number of carbonyl (C=O) groups is 1. The minimum Gasteiger partial charge on any atom is -0.465 e. The average Bonchev–Trinajstić information content (AvgIpc) is 2.45. The lowest BCUT2D eigenvalue weighted by atomic mass is 10.1. The summed E-state index contributed by atoms with van der Waals surface area (Å²) in [5.74, 6) is -0.174. The van der Waals surface area contributed by atoms with E-state index in [0.717, 1.165) is 25.0 Å². The molecule has 0 N–H and O–H groups in total. The van der Waals surface area contributed by atoms with Gasteiger partial charge in [-0.15, -0.1) is 0 Å². The smallest absolute Gasteiger partial charge is 0.323 e. The van der Waals surface area contributed by atoms with Gasteiger partial charge in [0.15, 0.2) is 6.29 Å². The van der Waals surface area contributed by atoms with Crippen LogP contribution in [0.1, 0.15) is 39.5 Å². The molecule has 2 atom stereocenters. The molecular weight excluding hydrogens is 270 g/mol. The van der Waals surface area contributed by atoms with E-state index in [2.05, 4.69) is 0 Å². The van der Waals surface area contributed by atoms with E-state index in [4.69, 9.17) is 14.2 Å². The molecule has 0 bridgehead atoms. The molecule has 1 heterocycles. The first-order chi connectivity index (χ1) is 10.0. The summed E-state index contributed by atoms with van der Waals surface area (Å²) in [6.45, 7) is 5.57. The molecule has 21 heavy (non-hydrogen) atoms. The summed E-state index contributed by atoms with van der Waals surface area (Å²) in [4.78, 5) is 13.8. The summed E-state index contributed by atoms with van der Waals surface area (Å²) in [5.41, 5.74) is 1.12. The van der Waals surface area contributed by atoms with Crippen LogP contribution in [0.5, 0.6) is 0 Å². The van der Waals surface area contributed by atoms with Crippen LogP contribution in [0, 0.1) is 0 Å². The molecule has 1 fully saturated rings. The Bertz CT molecular complexity index is 335. The third kappa shape index (κ3) is 7.07. The Balaban J connectivity index is 2.38. The van der Waals surface area contributed by atoms with Crippen molar-refractivity contribution in [2.24, 2.45) is 0 Å². The van der Waals surface area contributed by atoms with E-state index in [1.165, 1.54) is 6.42 Å². The van der Waals surface area contributed by atoms with E-state index >= 15 is 0 Å². The van der Waals surface area contributed by atoms with Crippen molar-refractivity contribution in [1.29, 1.82) is 0 Å². The van der Waals surface area contributed by atoms with Crippen molar-refractivity contribution in [2.75, 3.05) is 33.9 Å². The molecule has 0 saturated carbocycles. The van der Waals surface area contributed by atoms with Crippen LogP contribution in [0.3, 0.4) is 0 Å². The zero-order valence-electron chi connectivity index (χ0n) is 13.8. The van der Waals surface area contributed by atoms with Crippen LogP contribution in [0.25, 0.3) is 0 Å². The summed E-state index contributed by atoms with van der Waals surface area (Å²) in [6.07, 6.45) is 5.86. The highest BCUT2D eigenvalue weighted by atomic mass is 16.7. The molecule has 1 saturated heterocycles. The fourth-order valence-corrected chi connectivity index (χ4v) is 2.24. The van der Waals surface area contributed by atoms with E-state index in [9.17, 15) is 4.79 Å². The number of ether oxygens (including phenoxy) is 3. The second-order valence-electron chi connectivity index (χ2n) is 5.62. The first-order valence-corrected chi connectivity index (χ1v) is 7.76. The van der Waals surface area contributed by atoms with Gasteiger partial charge >= 0.3 is 5.97 Å². The summed E-state index contributed by atoms with van der Waals surface area (Å²) in [7, 11) is 3.78. The monoisotopic (exact) mass is 299 g/mol. The topological polar surface area (TPSA) is 48.0 Å². The number of hydrogen-bond acceptors (Lipinski definition) is 5. The number of nitrogens with zero attached hydrogens (tertiary/aromatic N) is 1. The average molecular weight is 299 g/mol. The van der Waals surface area contributed by atoms with Gasteiger partial charge in [-0.1, -0.05) is 11.6 Å². The quantitative estimate of drug-likeness (QED) is 0.508. The molecule has 1 aliphatic rings. The van der Waals surface area contributed by atoms with Gasteiger partial charge in [-0.05, 0) is 53.6 Å². The predicted octanol–water partition coefficient (Wildman–Crippen LogP) is 2.36. The third-order valence-corrected chi connectivity index (χ3v) is 3.55. The molecule has 1 aliphatic heterocycles. The molecule has 0 aromatic rings. The van der Waals surface area contributed by atoms with Crippen molar-refractivity contribution in [3.8, 4) is 0 Å². The van der Waals surface area contributed by atoms with Gasteiger partial charge in [0, 0.05) is 6.61 Å². The second kappa shape index (κ2) is 9.92. The van der Waals surface area contributed by atoms with E-state index in [1.54, 1.807) is 0 Å². The Morgan fingerprint density at radius 2 is 2.19 bits per heavy atom. The van der Waals surface area contributed by atoms with Gasteiger partial charge in [0.25, 0.3) is 0 Å². The summed E-state index contributed by atoms with van der Waals surface area (Å²) in [5, 5.41) is 0. The minimum atomic E-state index is -0.243. The molecule has 2 unspecified atom stereocenters. The van der Waals surface area contributed by atoms with Gasteiger partial charge in [0.2, 0.25) is 0 Å². The summed E-state index contributed by atoms with van der Waals surface area (Å²) < 4.78 is 16.3. The molecule has 5 nitrogen and oxygen atoms in total. The fraction of sp³-hybridized carbons (Fsp3) is 0.812. The van der Waals surface area contributed by atoms with E-state index in [-0.39, 0.29) is 18.3 Å². The predicted molar refractivity (Wildman–Crippen MR) is 82.0 cm³/mol. The van der Waals surface area contributed by atoms with Gasteiger partial charge in [-0.2, -0.15) is 0 Å². The standard InChI is InChI=1S/C16H29NO4/c1-5-19-16(18)14(17(3)4)12-13(2)9-11-21-15-8-6-7-10-20-15/h9,14-15H,5-8,10-12H2,1-4H3/b13-9+. The maximum atomic E-state index is 11.9. The van der Waals surface area contributed by atoms with Crippen LogP contribution in [0.15, 0.2) is 11.6 Å². The lowest BCUT2D eigenvalue weighted by molar-refractivity contribution is -0.155. The highest BCUT2D eigenvalue weighted by Crippen LogP contribution is 2.15. The molecule has 0 aliphatic carbocycles. The van der Waals surface area contributed by atoms with E-state index < -0.39 is 0 Å². The highest BCUT2D eigenvalue weighted by Gasteiger charge is 2.22. The maximum absolute atomic E-state index is 11.9. The van der Waals surface area contributed by atoms with Crippen molar-refractivity contribution in [2.45, 2.75) is 51.9 Å². The molecule has 0 aromatic heterocycles.